The van der Waals surface area contributed by atoms with Gasteiger partial charge in [0.25, 0.3) is 0 Å². The lowest BCUT2D eigenvalue weighted by Crippen LogP contribution is -2.48. The zero-order valence-electron chi connectivity index (χ0n) is 13.9. The first-order valence-electron chi connectivity index (χ1n) is 8.67. The number of nitrogens with zero attached hydrogens (tertiary/aromatic N) is 3. The maximum Gasteiger partial charge on any atom is 0.317 e. The fourth-order valence-electron chi connectivity index (χ4n) is 3.63. The van der Waals surface area contributed by atoms with Gasteiger partial charge in [-0.3, -0.25) is 4.90 Å². The molecule has 7 heteroatoms. The quantitative estimate of drug-likeness (QED) is 0.926. The van der Waals surface area contributed by atoms with Gasteiger partial charge < -0.3 is 14.7 Å². The third kappa shape index (κ3) is 3.51. The number of likely N-dealkylation sites (tertiary alicyclic amines) is 1. The summed E-state index contributed by atoms with van der Waals surface area (Å²) in [5.74, 6) is 0.517. The van der Waals surface area contributed by atoms with E-state index in [1.54, 1.807) is 12.1 Å². The van der Waals surface area contributed by atoms with Crippen molar-refractivity contribution in [2.45, 2.75) is 25.4 Å². The van der Waals surface area contributed by atoms with Crippen LogP contribution in [0.15, 0.2) is 34.9 Å². The molecule has 2 saturated heterocycles. The molecule has 0 aliphatic carbocycles. The number of hydrogen-bond acceptors (Lipinski definition) is 4. The van der Waals surface area contributed by atoms with E-state index < -0.39 is 0 Å². The van der Waals surface area contributed by atoms with E-state index in [1.165, 1.54) is 12.1 Å². The summed E-state index contributed by atoms with van der Waals surface area (Å²) in [4.78, 5) is 16.1. The van der Waals surface area contributed by atoms with Crippen LogP contribution in [0, 0.1) is 5.82 Å². The first kappa shape index (κ1) is 16.1. The number of urea groups is 1. The minimum atomic E-state index is -0.266. The number of nitrogens with one attached hydrogen (secondary N) is 1. The van der Waals surface area contributed by atoms with Gasteiger partial charge in [-0.05, 0) is 43.7 Å². The topological polar surface area (TPSA) is 61.6 Å². The van der Waals surface area contributed by atoms with Gasteiger partial charge in [-0.15, -0.1) is 0 Å². The standard InChI is InChI=1S/C18H21FN4O2/c19-14-5-3-13(4-6-14)17-10-16(25-21-17)12-22-8-1-2-15(11-22)23-9-7-20-18(23)24/h3-6,10,15H,1-2,7-9,11-12H2,(H,20,24)/t15-/m0/s1. The van der Waals surface area contributed by atoms with Crippen LogP contribution in [0.5, 0.6) is 0 Å². The number of carbonyl (C=O) groups excluding carboxylic acids is 1. The molecule has 132 valence electrons. The Bertz CT molecular complexity index is 746. The summed E-state index contributed by atoms with van der Waals surface area (Å²) in [5, 5.41) is 6.96. The number of piperidine rings is 1. The number of halogens is 1. The fraction of sp³-hybridized carbons (Fsp3) is 0.444. The van der Waals surface area contributed by atoms with E-state index in [1.807, 2.05) is 11.0 Å². The van der Waals surface area contributed by atoms with E-state index in [0.29, 0.717) is 12.2 Å². The molecule has 0 saturated carbocycles. The summed E-state index contributed by atoms with van der Waals surface area (Å²) in [6, 6.07) is 8.43. The van der Waals surface area contributed by atoms with Crippen molar-refractivity contribution in [2.75, 3.05) is 26.2 Å². The van der Waals surface area contributed by atoms with Gasteiger partial charge in [0, 0.05) is 37.3 Å². The zero-order chi connectivity index (χ0) is 17.2. The van der Waals surface area contributed by atoms with Crippen LogP contribution < -0.4 is 5.32 Å². The van der Waals surface area contributed by atoms with Crippen molar-refractivity contribution in [1.29, 1.82) is 0 Å². The van der Waals surface area contributed by atoms with Gasteiger partial charge in [0.15, 0.2) is 5.76 Å². The van der Waals surface area contributed by atoms with Crippen molar-refractivity contribution in [2.24, 2.45) is 0 Å². The van der Waals surface area contributed by atoms with Crippen molar-refractivity contribution in [1.82, 2.24) is 20.3 Å². The summed E-state index contributed by atoms with van der Waals surface area (Å²) in [5.41, 5.74) is 1.55. The molecule has 3 heterocycles. The lowest BCUT2D eigenvalue weighted by molar-refractivity contribution is 0.115. The van der Waals surface area contributed by atoms with Crippen LogP contribution in [-0.2, 0) is 6.54 Å². The number of carbonyl (C=O) groups is 1. The predicted octanol–water partition coefficient (Wildman–Crippen LogP) is 2.47. The molecule has 1 N–H and O–H groups in total. The summed E-state index contributed by atoms with van der Waals surface area (Å²) >= 11 is 0. The molecule has 2 aliphatic rings. The monoisotopic (exact) mass is 344 g/mol. The molecule has 1 atom stereocenters. The number of aromatic nitrogens is 1. The normalized spacial score (nSPS) is 21.6. The van der Waals surface area contributed by atoms with Crippen LogP contribution in [-0.4, -0.2) is 53.2 Å². The molecule has 2 aliphatic heterocycles. The molecule has 4 rings (SSSR count). The van der Waals surface area contributed by atoms with Crippen molar-refractivity contribution in [3.05, 3.63) is 41.9 Å². The van der Waals surface area contributed by atoms with Crippen molar-refractivity contribution in [3.63, 3.8) is 0 Å². The summed E-state index contributed by atoms with van der Waals surface area (Å²) in [6.07, 6.45) is 2.11. The average Bonchev–Trinajstić information content (AvgIpc) is 3.25. The van der Waals surface area contributed by atoms with Crippen LogP contribution in [0.3, 0.4) is 0 Å². The van der Waals surface area contributed by atoms with Gasteiger partial charge >= 0.3 is 6.03 Å². The number of benzene rings is 1. The fourth-order valence-corrected chi connectivity index (χ4v) is 3.63. The Hall–Kier alpha value is -2.41. The Morgan fingerprint density at radius 2 is 2.12 bits per heavy atom. The van der Waals surface area contributed by atoms with Gasteiger partial charge in [-0.25, -0.2) is 9.18 Å². The maximum absolute atomic E-state index is 13.0. The van der Waals surface area contributed by atoms with Crippen LogP contribution in [0.1, 0.15) is 18.6 Å². The summed E-state index contributed by atoms with van der Waals surface area (Å²) in [7, 11) is 0. The van der Waals surface area contributed by atoms with Gasteiger partial charge in [0.1, 0.15) is 11.5 Å². The van der Waals surface area contributed by atoms with Crippen molar-refractivity contribution < 1.29 is 13.7 Å². The number of rotatable bonds is 4. The van der Waals surface area contributed by atoms with Crippen LogP contribution in [0.4, 0.5) is 9.18 Å². The second-order valence-electron chi connectivity index (χ2n) is 6.64. The molecule has 0 radical (unpaired) electrons. The third-order valence-electron chi connectivity index (χ3n) is 4.89. The highest BCUT2D eigenvalue weighted by Gasteiger charge is 2.31. The minimum absolute atomic E-state index is 0.0464. The van der Waals surface area contributed by atoms with E-state index in [2.05, 4.69) is 15.4 Å². The Labute approximate surface area is 145 Å². The van der Waals surface area contributed by atoms with E-state index in [4.69, 9.17) is 4.52 Å². The molecule has 1 aromatic heterocycles. The maximum atomic E-state index is 13.0. The minimum Gasteiger partial charge on any atom is -0.359 e. The average molecular weight is 344 g/mol. The SMILES string of the molecule is O=C1NCCN1[C@H]1CCCN(Cc2cc(-c3ccc(F)cc3)no2)C1. The second-order valence-corrected chi connectivity index (χ2v) is 6.64. The molecule has 1 aromatic carbocycles. The Kier molecular flexibility index (Phi) is 4.40. The Morgan fingerprint density at radius 3 is 2.88 bits per heavy atom. The summed E-state index contributed by atoms with van der Waals surface area (Å²) in [6.45, 7) is 4.02. The molecule has 2 amide bonds. The molecule has 2 fully saturated rings. The Balaban J connectivity index is 1.40. The molecule has 0 unspecified atom stereocenters. The molecule has 0 spiro atoms. The van der Waals surface area contributed by atoms with Gasteiger partial charge in [-0.2, -0.15) is 0 Å². The highest BCUT2D eigenvalue weighted by atomic mass is 19.1. The highest BCUT2D eigenvalue weighted by Crippen LogP contribution is 2.23. The lowest BCUT2D eigenvalue weighted by atomic mass is 10.0. The van der Waals surface area contributed by atoms with Crippen molar-refractivity contribution in [3.8, 4) is 11.3 Å². The smallest absolute Gasteiger partial charge is 0.317 e. The van der Waals surface area contributed by atoms with Gasteiger partial charge in [-0.1, -0.05) is 5.16 Å². The molecule has 6 nitrogen and oxygen atoms in total. The zero-order valence-corrected chi connectivity index (χ0v) is 13.9. The molecular weight excluding hydrogens is 323 g/mol. The first-order valence-corrected chi connectivity index (χ1v) is 8.67. The third-order valence-corrected chi connectivity index (χ3v) is 4.89. The van der Waals surface area contributed by atoms with Gasteiger partial charge in [0.05, 0.1) is 6.54 Å². The molecule has 2 aromatic rings. The molecular formula is C18H21FN4O2. The van der Waals surface area contributed by atoms with Crippen LogP contribution in [0.2, 0.25) is 0 Å². The largest absolute Gasteiger partial charge is 0.359 e. The van der Waals surface area contributed by atoms with E-state index >= 15 is 0 Å². The van der Waals surface area contributed by atoms with E-state index in [0.717, 1.165) is 50.3 Å². The van der Waals surface area contributed by atoms with E-state index in [9.17, 15) is 9.18 Å². The molecule has 0 bridgehead atoms. The second kappa shape index (κ2) is 6.84. The first-order chi connectivity index (χ1) is 12.2. The van der Waals surface area contributed by atoms with Gasteiger partial charge in [0.2, 0.25) is 0 Å². The highest BCUT2D eigenvalue weighted by molar-refractivity contribution is 5.76. The summed E-state index contributed by atoms with van der Waals surface area (Å²) < 4.78 is 18.5. The number of amides is 2. The lowest BCUT2D eigenvalue weighted by Gasteiger charge is -2.36. The van der Waals surface area contributed by atoms with E-state index in [-0.39, 0.29) is 17.9 Å². The molecule has 25 heavy (non-hydrogen) atoms. The predicted molar refractivity (Wildman–Crippen MR) is 90.3 cm³/mol. The number of hydrogen-bond donors (Lipinski definition) is 1. The van der Waals surface area contributed by atoms with Crippen LogP contribution >= 0.6 is 0 Å². The Morgan fingerprint density at radius 1 is 1.28 bits per heavy atom. The van der Waals surface area contributed by atoms with Crippen LogP contribution in [0.25, 0.3) is 11.3 Å². The van der Waals surface area contributed by atoms with Crippen molar-refractivity contribution >= 4 is 6.03 Å².